The Morgan fingerprint density at radius 2 is 1.76 bits per heavy atom. The quantitative estimate of drug-likeness (QED) is 0.420. The van der Waals surface area contributed by atoms with Gasteiger partial charge in [-0.3, -0.25) is 9.97 Å². The number of hydrogen-bond donors (Lipinski definition) is 0. The van der Waals surface area contributed by atoms with E-state index in [4.69, 9.17) is 4.98 Å². The minimum atomic E-state index is 0.754. The zero-order valence-electron chi connectivity index (χ0n) is 17.0. The third-order valence-electron chi connectivity index (χ3n) is 5.60. The molecule has 144 valence electrons. The van der Waals surface area contributed by atoms with E-state index < -0.39 is 0 Å². The minimum absolute atomic E-state index is 0.754. The number of aryl methyl sites for hydroxylation is 5. The summed E-state index contributed by atoms with van der Waals surface area (Å²) < 4.78 is 1.88. The second kappa shape index (κ2) is 6.92. The first-order chi connectivity index (χ1) is 14.1. The summed E-state index contributed by atoms with van der Waals surface area (Å²) in [6.07, 6.45) is 4.42. The van der Waals surface area contributed by atoms with E-state index in [9.17, 15) is 0 Å². The lowest BCUT2D eigenvalue weighted by Gasteiger charge is -2.08. The molecule has 0 fully saturated rings. The lowest BCUT2D eigenvalue weighted by Crippen LogP contribution is -1.99. The summed E-state index contributed by atoms with van der Waals surface area (Å²) >= 11 is 0. The van der Waals surface area contributed by atoms with E-state index in [1.165, 1.54) is 21.7 Å². The van der Waals surface area contributed by atoms with Crippen molar-refractivity contribution in [2.24, 2.45) is 0 Å². The second-order valence-corrected chi connectivity index (χ2v) is 7.55. The number of rotatable bonds is 4. The molecule has 0 spiro atoms. The average molecular weight is 381 g/mol. The van der Waals surface area contributed by atoms with Crippen molar-refractivity contribution in [1.82, 2.24) is 24.6 Å². The highest BCUT2D eigenvalue weighted by Crippen LogP contribution is 2.27. The first-order valence-corrected chi connectivity index (χ1v) is 10.1. The van der Waals surface area contributed by atoms with Gasteiger partial charge in [-0.05, 0) is 43.7 Å². The molecule has 0 amide bonds. The number of hydrogen-bond acceptors (Lipinski definition) is 4. The predicted octanol–water partition coefficient (Wildman–Crippen LogP) is 4.79. The number of nitrogens with zero attached hydrogens (tertiary/aromatic N) is 5. The molecular weight excluding hydrogens is 358 g/mol. The Morgan fingerprint density at radius 1 is 0.897 bits per heavy atom. The molecule has 0 bridgehead atoms. The van der Waals surface area contributed by atoms with Crippen molar-refractivity contribution in [3.05, 3.63) is 77.1 Å². The van der Waals surface area contributed by atoms with Crippen LogP contribution in [0.2, 0.25) is 0 Å². The van der Waals surface area contributed by atoms with Crippen molar-refractivity contribution in [2.45, 2.75) is 40.0 Å². The molecular formula is C24H23N5. The number of benzene rings is 2. The van der Waals surface area contributed by atoms with Crippen LogP contribution in [-0.2, 0) is 19.3 Å². The summed E-state index contributed by atoms with van der Waals surface area (Å²) in [6.45, 7) is 6.16. The van der Waals surface area contributed by atoms with Gasteiger partial charge in [0, 0.05) is 29.1 Å². The maximum atomic E-state index is 5.01. The van der Waals surface area contributed by atoms with Crippen molar-refractivity contribution in [2.75, 3.05) is 0 Å². The molecule has 0 aliphatic rings. The molecule has 0 saturated carbocycles. The molecule has 0 aliphatic heterocycles. The Hall–Kier alpha value is -3.34. The highest BCUT2D eigenvalue weighted by atomic mass is 15.3. The van der Waals surface area contributed by atoms with E-state index in [-0.39, 0.29) is 0 Å². The normalized spacial score (nSPS) is 11.7. The van der Waals surface area contributed by atoms with Crippen LogP contribution in [-0.4, -0.2) is 24.6 Å². The Labute approximate surface area is 169 Å². The van der Waals surface area contributed by atoms with Gasteiger partial charge in [0.15, 0.2) is 11.5 Å². The van der Waals surface area contributed by atoms with Gasteiger partial charge in [0.1, 0.15) is 0 Å². The zero-order chi connectivity index (χ0) is 20.0. The molecule has 3 aromatic heterocycles. The van der Waals surface area contributed by atoms with Crippen LogP contribution in [0.5, 0.6) is 0 Å². The molecule has 0 aliphatic carbocycles. The van der Waals surface area contributed by atoms with Crippen LogP contribution in [0.25, 0.3) is 27.3 Å². The number of fused-ring (bicyclic) bond motifs is 4. The van der Waals surface area contributed by atoms with Gasteiger partial charge in [0.05, 0.1) is 16.9 Å². The van der Waals surface area contributed by atoms with Crippen molar-refractivity contribution >= 4 is 27.3 Å². The largest absolute Gasteiger partial charge is 0.256 e. The highest BCUT2D eigenvalue weighted by Gasteiger charge is 2.10. The van der Waals surface area contributed by atoms with Crippen LogP contribution >= 0.6 is 0 Å². The molecule has 29 heavy (non-hydrogen) atoms. The fourth-order valence-electron chi connectivity index (χ4n) is 3.98. The van der Waals surface area contributed by atoms with Crippen molar-refractivity contribution < 1.29 is 0 Å². The van der Waals surface area contributed by atoms with Gasteiger partial charge in [-0.2, -0.15) is 5.10 Å². The molecule has 5 rings (SSSR count). The summed E-state index contributed by atoms with van der Waals surface area (Å²) in [5.74, 6) is 0.831. The van der Waals surface area contributed by atoms with Gasteiger partial charge in [0.2, 0.25) is 0 Å². The van der Waals surface area contributed by atoms with E-state index >= 15 is 0 Å². The summed E-state index contributed by atoms with van der Waals surface area (Å²) in [7, 11) is 0. The average Bonchev–Trinajstić information content (AvgIpc) is 3.20. The summed E-state index contributed by atoms with van der Waals surface area (Å²) in [4.78, 5) is 14.1. The molecule has 5 nitrogen and oxygen atoms in total. The Kier molecular flexibility index (Phi) is 4.23. The summed E-state index contributed by atoms with van der Waals surface area (Å²) in [6, 6.07) is 15.2. The highest BCUT2D eigenvalue weighted by molar-refractivity contribution is 6.06. The van der Waals surface area contributed by atoms with E-state index in [1.807, 2.05) is 24.6 Å². The van der Waals surface area contributed by atoms with Crippen LogP contribution in [0.3, 0.4) is 0 Å². The third kappa shape index (κ3) is 3.03. The van der Waals surface area contributed by atoms with Gasteiger partial charge in [-0.25, -0.2) is 9.50 Å². The monoisotopic (exact) mass is 381 g/mol. The molecule has 5 aromatic rings. The smallest absolute Gasteiger partial charge is 0.177 e. The van der Waals surface area contributed by atoms with Gasteiger partial charge in [-0.1, -0.05) is 43.3 Å². The fraction of sp³-hybridized carbons (Fsp3) is 0.250. The standard InChI is InChI=1S/C24H23N5/c1-4-17-6-5-7-21-20(17)12-9-18-8-10-19(26-23(18)21)11-13-22-27-24-16(3)25-14-15(2)29(24)28-22/h5-10,12,14H,4,11,13H2,1-3H3. The molecule has 0 radical (unpaired) electrons. The zero-order valence-corrected chi connectivity index (χ0v) is 17.0. The fourth-order valence-corrected chi connectivity index (χ4v) is 3.98. The van der Waals surface area contributed by atoms with Crippen LogP contribution < -0.4 is 0 Å². The number of pyridine rings is 1. The van der Waals surface area contributed by atoms with Gasteiger partial charge < -0.3 is 0 Å². The summed E-state index contributed by atoms with van der Waals surface area (Å²) in [5, 5.41) is 8.37. The molecule has 0 N–H and O–H groups in total. The van der Waals surface area contributed by atoms with Crippen molar-refractivity contribution in [3.63, 3.8) is 0 Å². The van der Waals surface area contributed by atoms with Gasteiger partial charge in [-0.15, -0.1) is 0 Å². The van der Waals surface area contributed by atoms with E-state index in [0.717, 1.165) is 53.3 Å². The molecule has 5 heteroatoms. The van der Waals surface area contributed by atoms with E-state index in [1.54, 1.807) is 0 Å². The van der Waals surface area contributed by atoms with Crippen LogP contribution in [0.15, 0.2) is 48.7 Å². The van der Waals surface area contributed by atoms with Crippen LogP contribution in [0.1, 0.15) is 35.4 Å². The molecule has 0 saturated heterocycles. The SMILES string of the molecule is CCc1cccc2c1ccc1ccc(CCc3nc4c(C)ncc(C)n4n3)nc12. The van der Waals surface area contributed by atoms with Crippen molar-refractivity contribution in [3.8, 4) is 0 Å². The topological polar surface area (TPSA) is 56.0 Å². The lowest BCUT2D eigenvalue weighted by molar-refractivity contribution is 0.808. The molecule has 0 atom stereocenters. The van der Waals surface area contributed by atoms with Gasteiger partial charge in [0.25, 0.3) is 0 Å². The first-order valence-electron chi connectivity index (χ1n) is 10.1. The third-order valence-corrected chi connectivity index (χ3v) is 5.60. The Morgan fingerprint density at radius 3 is 2.59 bits per heavy atom. The molecule has 3 heterocycles. The Balaban J connectivity index is 1.50. The first kappa shape index (κ1) is 17.7. The predicted molar refractivity (Wildman–Crippen MR) is 116 cm³/mol. The van der Waals surface area contributed by atoms with E-state index in [2.05, 4.69) is 64.5 Å². The van der Waals surface area contributed by atoms with Crippen LogP contribution in [0.4, 0.5) is 0 Å². The van der Waals surface area contributed by atoms with Crippen LogP contribution in [0, 0.1) is 13.8 Å². The molecule has 0 unspecified atom stereocenters. The van der Waals surface area contributed by atoms with Gasteiger partial charge >= 0.3 is 0 Å². The molecule has 2 aromatic carbocycles. The summed E-state index contributed by atoms with van der Waals surface area (Å²) in [5.41, 5.74) is 6.24. The minimum Gasteiger partial charge on any atom is -0.256 e. The second-order valence-electron chi connectivity index (χ2n) is 7.55. The maximum absolute atomic E-state index is 5.01. The van der Waals surface area contributed by atoms with Crippen molar-refractivity contribution in [1.29, 1.82) is 0 Å². The maximum Gasteiger partial charge on any atom is 0.177 e. The Bertz CT molecular complexity index is 1330. The number of aromatic nitrogens is 5. The van der Waals surface area contributed by atoms with E-state index in [0.29, 0.717) is 0 Å². The lowest BCUT2D eigenvalue weighted by atomic mass is 9.99.